The van der Waals surface area contributed by atoms with Gasteiger partial charge < -0.3 is 10.6 Å². The molecule has 0 radical (unpaired) electrons. The molecule has 3 nitrogen and oxygen atoms in total. The van der Waals surface area contributed by atoms with Gasteiger partial charge >= 0.3 is 0 Å². The first-order valence-corrected chi connectivity index (χ1v) is 8.99. The number of rotatable bonds is 2. The van der Waals surface area contributed by atoms with Gasteiger partial charge in [-0.2, -0.15) is 0 Å². The van der Waals surface area contributed by atoms with Crippen LogP contribution in [-0.2, 0) is 4.79 Å². The minimum Gasteiger partial charge on any atom is -0.342 e. The molecule has 0 spiro atoms. The smallest absolute Gasteiger partial charge is 0.226 e. The van der Waals surface area contributed by atoms with E-state index in [1.807, 2.05) is 0 Å². The lowest BCUT2D eigenvalue weighted by Gasteiger charge is -2.42. The standard InChI is InChI=1S/C21H26N2O/c1-21(2)13-23(11-10-19(21)22)20(24)18-12-17(18)16-9-5-7-14-6-3-4-8-15(14)16/h3-9,17-19H,10-13,22H2,1-2H3. The van der Waals surface area contributed by atoms with Gasteiger partial charge in [0.15, 0.2) is 0 Å². The van der Waals surface area contributed by atoms with Crippen molar-refractivity contribution < 1.29 is 4.79 Å². The molecule has 2 N–H and O–H groups in total. The van der Waals surface area contributed by atoms with E-state index in [1.54, 1.807) is 0 Å². The fourth-order valence-corrected chi connectivity index (χ4v) is 4.18. The van der Waals surface area contributed by atoms with E-state index in [2.05, 4.69) is 61.2 Å². The molecule has 0 bridgehead atoms. The van der Waals surface area contributed by atoms with E-state index >= 15 is 0 Å². The maximum Gasteiger partial charge on any atom is 0.226 e. The van der Waals surface area contributed by atoms with Crippen molar-refractivity contribution in [1.29, 1.82) is 0 Å². The summed E-state index contributed by atoms with van der Waals surface area (Å²) < 4.78 is 0. The highest BCUT2D eigenvalue weighted by Gasteiger charge is 2.48. The zero-order valence-corrected chi connectivity index (χ0v) is 14.5. The van der Waals surface area contributed by atoms with Crippen LogP contribution in [0.4, 0.5) is 0 Å². The number of likely N-dealkylation sites (tertiary alicyclic amines) is 1. The Bertz CT molecular complexity index is 777. The molecule has 4 rings (SSSR count). The van der Waals surface area contributed by atoms with Gasteiger partial charge in [-0.15, -0.1) is 0 Å². The highest BCUT2D eigenvalue weighted by atomic mass is 16.2. The van der Waals surface area contributed by atoms with Crippen molar-refractivity contribution in [3.63, 3.8) is 0 Å². The van der Waals surface area contributed by atoms with E-state index < -0.39 is 0 Å². The first-order valence-electron chi connectivity index (χ1n) is 8.99. The van der Waals surface area contributed by atoms with E-state index in [0.717, 1.165) is 25.9 Å². The Balaban J connectivity index is 1.53. The molecule has 1 amide bonds. The maximum absolute atomic E-state index is 13.0. The number of fused-ring (bicyclic) bond motifs is 1. The quantitative estimate of drug-likeness (QED) is 0.919. The van der Waals surface area contributed by atoms with Gasteiger partial charge in [0, 0.05) is 25.0 Å². The minimum absolute atomic E-state index is 0.0116. The van der Waals surface area contributed by atoms with Gasteiger partial charge in [0.2, 0.25) is 5.91 Å². The average molecular weight is 322 g/mol. The van der Waals surface area contributed by atoms with Crippen LogP contribution in [0.2, 0.25) is 0 Å². The van der Waals surface area contributed by atoms with Crippen LogP contribution < -0.4 is 5.73 Å². The van der Waals surface area contributed by atoms with Gasteiger partial charge in [0.25, 0.3) is 0 Å². The third-order valence-electron chi connectivity index (χ3n) is 5.95. The first-order chi connectivity index (χ1) is 11.5. The van der Waals surface area contributed by atoms with E-state index in [1.165, 1.54) is 16.3 Å². The fraction of sp³-hybridized carbons (Fsp3) is 0.476. The van der Waals surface area contributed by atoms with Crippen LogP contribution in [0.25, 0.3) is 10.8 Å². The summed E-state index contributed by atoms with van der Waals surface area (Å²) in [5, 5.41) is 2.56. The third kappa shape index (κ3) is 2.61. The summed E-state index contributed by atoms with van der Waals surface area (Å²) in [7, 11) is 0. The van der Waals surface area contributed by atoms with Crippen molar-refractivity contribution in [2.45, 2.75) is 38.6 Å². The fourth-order valence-electron chi connectivity index (χ4n) is 4.18. The van der Waals surface area contributed by atoms with Crippen LogP contribution in [0.15, 0.2) is 42.5 Å². The molecule has 2 aromatic rings. The first kappa shape index (κ1) is 15.6. The van der Waals surface area contributed by atoms with Gasteiger partial charge in [0.1, 0.15) is 0 Å². The second kappa shape index (κ2) is 5.59. The van der Waals surface area contributed by atoms with E-state index in [9.17, 15) is 4.79 Å². The number of hydrogen-bond acceptors (Lipinski definition) is 2. The average Bonchev–Trinajstić information content (AvgIpc) is 3.36. The number of amides is 1. The monoisotopic (exact) mass is 322 g/mol. The summed E-state index contributed by atoms with van der Waals surface area (Å²) in [5.41, 5.74) is 7.55. The van der Waals surface area contributed by atoms with Gasteiger partial charge in [0.05, 0.1) is 0 Å². The molecule has 126 valence electrons. The molecule has 1 saturated heterocycles. The van der Waals surface area contributed by atoms with E-state index in [-0.39, 0.29) is 17.4 Å². The molecule has 1 saturated carbocycles. The topological polar surface area (TPSA) is 46.3 Å². The second-order valence-electron chi connectivity index (χ2n) is 8.16. The summed E-state index contributed by atoms with van der Waals surface area (Å²) in [6.45, 7) is 5.94. The van der Waals surface area contributed by atoms with Crippen molar-refractivity contribution in [2.75, 3.05) is 13.1 Å². The Kier molecular flexibility index (Phi) is 3.65. The van der Waals surface area contributed by atoms with Crippen LogP contribution >= 0.6 is 0 Å². The Morgan fingerprint density at radius 1 is 1.17 bits per heavy atom. The van der Waals surface area contributed by atoms with Crippen molar-refractivity contribution in [3.8, 4) is 0 Å². The van der Waals surface area contributed by atoms with Crippen LogP contribution in [0.5, 0.6) is 0 Å². The van der Waals surface area contributed by atoms with Crippen LogP contribution in [0, 0.1) is 11.3 Å². The zero-order chi connectivity index (χ0) is 16.9. The maximum atomic E-state index is 13.0. The lowest BCUT2D eigenvalue weighted by atomic mass is 9.79. The number of nitrogens with zero attached hydrogens (tertiary/aromatic N) is 1. The molecule has 1 aliphatic heterocycles. The lowest BCUT2D eigenvalue weighted by Crippen LogP contribution is -2.54. The summed E-state index contributed by atoms with van der Waals surface area (Å²) in [6.07, 6.45) is 1.89. The van der Waals surface area contributed by atoms with Gasteiger partial charge in [-0.3, -0.25) is 4.79 Å². The molecular weight excluding hydrogens is 296 g/mol. The number of nitrogens with two attached hydrogens (primary N) is 1. The predicted octanol–water partition coefficient (Wildman–Crippen LogP) is 3.53. The van der Waals surface area contributed by atoms with Crippen molar-refractivity contribution >= 4 is 16.7 Å². The second-order valence-corrected chi connectivity index (χ2v) is 8.16. The van der Waals surface area contributed by atoms with E-state index in [0.29, 0.717) is 11.8 Å². The molecule has 3 unspecified atom stereocenters. The molecule has 3 atom stereocenters. The normalized spacial score (nSPS) is 28.8. The Morgan fingerprint density at radius 2 is 1.92 bits per heavy atom. The summed E-state index contributed by atoms with van der Waals surface area (Å²) in [6, 6.07) is 15.1. The number of carbonyl (C=O) groups is 1. The van der Waals surface area contributed by atoms with Crippen LogP contribution in [0.1, 0.15) is 38.2 Å². The van der Waals surface area contributed by atoms with Crippen molar-refractivity contribution in [3.05, 3.63) is 48.0 Å². The SMILES string of the molecule is CC1(C)CN(C(=O)C2CC2c2cccc3ccccc23)CCC1N. The molecule has 1 aliphatic carbocycles. The number of hydrogen-bond donors (Lipinski definition) is 1. The zero-order valence-electron chi connectivity index (χ0n) is 14.5. The molecule has 24 heavy (non-hydrogen) atoms. The lowest BCUT2D eigenvalue weighted by molar-refractivity contribution is -0.136. The molecule has 0 aromatic heterocycles. The molecule has 1 heterocycles. The van der Waals surface area contributed by atoms with Crippen LogP contribution in [-0.4, -0.2) is 29.9 Å². The Labute approximate surface area is 143 Å². The summed E-state index contributed by atoms with van der Waals surface area (Å²) in [4.78, 5) is 15.0. The summed E-state index contributed by atoms with van der Waals surface area (Å²) in [5.74, 6) is 0.858. The highest BCUT2D eigenvalue weighted by molar-refractivity contribution is 5.89. The number of piperidine rings is 1. The van der Waals surface area contributed by atoms with Gasteiger partial charge in [-0.05, 0) is 40.5 Å². The predicted molar refractivity (Wildman–Crippen MR) is 97.7 cm³/mol. The molecule has 3 heteroatoms. The third-order valence-corrected chi connectivity index (χ3v) is 5.95. The Hall–Kier alpha value is -1.87. The minimum atomic E-state index is 0.0116. The summed E-state index contributed by atoms with van der Waals surface area (Å²) >= 11 is 0. The highest BCUT2D eigenvalue weighted by Crippen LogP contribution is 2.50. The molecule has 2 aromatic carbocycles. The largest absolute Gasteiger partial charge is 0.342 e. The molecule has 2 fully saturated rings. The van der Waals surface area contributed by atoms with Crippen molar-refractivity contribution in [1.82, 2.24) is 4.90 Å². The molecule has 2 aliphatic rings. The number of carbonyl (C=O) groups excluding carboxylic acids is 1. The van der Waals surface area contributed by atoms with Gasteiger partial charge in [-0.1, -0.05) is 56.3 Å². The van der Waals surface area contributed by atoms with E-state index in [4.69, 9.17) is 5.73 Å². The van der Waals surface area contributed by atoms with Gasteiger partial charge in [-0.25, -0.2) is 0 Å². The molecular formula is C21H26N2O. The number of benzene rings is 2. The van der Waals surface area contributed by atoms with Crippen molar-refractivity contribution in [2.24, 2.45) is 17.1 Å². The van der Waals surface area contributed by atoms with Crippen LogP contribution in [0.3, 0.4) is 0 Å². The Morgan fingerprint density at radius 3 is 2.71 bits per heavy atom.